The third-order valence-electron chi connectivity index (χ3n) is 2.52. The van der Waals surface area contributed by atoms with E-state index >= 15 is 0 Å². The van der Waals surface area contributed by atoms with Crippen LogP contribution in [0.15, 0.2) is 18.3 Å². The fourth-order valence-electron chi connectivity index (χ4n) is 1.70. The molecular weight excluding hydrogens is 214 g/mol. The first kappa shape index (κ1) is 13.5. The van der Waals surface area contributed by atoms with Gasteiger partial charge in [0.2, 0.25) is 0 Å². The predicted molar refractivity (Wildman–Crippen MR) is 70.3 cm³/mol. The molecule has 1 heterocycles. The van der Waals surface area contributed by atoms with Crippen molar-refractivity contribution in [2.45, 2.75) is 27.2 Å². The summed E-state index contributed by atoms with van der Waals surface area (Å²) >= 11 is 0. The van der Waals surface area contributed by atoms with Crippen molar-refractivity contribution in [3.63, 3.8) is 0 Å². The molecule has 1 amide bonds. The maximum absolute atomic E-state index is 12.2. The second-order valence-electron chi connectivity index (χ2n) is 3.84. The summed E-state index contributed by atoms with van der Waals surface area (Å²) in [7, 11) is 0. The molecule has 4 nitrogen and oxygen atoms in total. The number of hydrogen-bond donors (Lipinski definition) is 1. The molecule has 0 aliphatic heterocycles. The number of pyridine rings is 1. The van der Waals surface area contributed by atoms with Crippen molar-refractivity contribution >= 4 is 11.6 Å². The zero-order valence-corrected chi connectivity index (χ0v) is 10.9. The summed E-state index contributed by atoms with van der Waals surface area (Å²) in [4.78, 5) is 18.1. The van der Waals surface area contributed by atoms with Crippen molar-refractivity contribution in [3.8, 4) is 0 Å². The number of carbonyl (C=O) groups excluding carboxylic acids is 1. The molecule has 94 valence electrons. The van der Waals surface area contributed by atoms with E-state index in [0.29, 0.717) is 5.69 Å². The lowest BCUT2D eigenvalue weighted by Gasteiger charge is -2.19. The van der Waals surface area contributed by atoms with Crippen LogP contribution in [-0.2, 0) is 0 Å². The SMILES string of the molecule is CCCN(CC)C(=O)c1cc(NCC)ccn1. The van der Waals surface area contributed by atoms with Gasteiger partial charge in [0.1, 0.15) is 5.69 Å². The molecule has 1 N–H and O–H groups in total. The summed E-state index contributed by atoms with van der Waals surface area (Å²) in [5.74, 6) is 0.00843. The number of nitrogens with one attached hydrogen (secondary N) is 1. The average molecular weight is 235 g/mol. The van der Waals surface area contributed by atoms with Crippen LogP contribution in [-0.4, -0.2) is 35.4 Å². The van der Waals surface area contributed by atoms with Crippen molar-refractivity contribution < 1.29 is 4.79 Å². The van der Waals surface area contributed by atoms with Gasteiger partial charge in [-0.05, 0) is 32.4 Å². The molecule has 0 saturated heterocycles. The molecule has 0 aromatic carbocycles. The van der Waals surface area contributed by atoms with Gasteiger partial charge in [0.05, 0.1) is 0 Å². The Balaban J connectivity index is 2.83. The minimum Gasteiger partial charge on any atom is -0.385 e. The van der Waals surface area contributed by atoms with Crippen LogP contribution in [0.5, 0.6) is 0 Å². The van der Waals surface area contributed by atoms with Crippen molar-refractivity contribution in [2.24, 2.45) is 0 Å². The minimum absolute atomic E-state index is 0.00843. The number of hydrogen-bond acceptors (Lipinski definition) is 3. The van der Waals surface area contributed by atoms with Gasteiger partial charge in [-0.2, -0.15) is 0 Å². The van der Waals surface area contributed by atoms with E-state index in [9.17, 15) is 4.79 Å². The van der Waals surface area contributed by atoms with Crippen molar-refractivity contribution in [1.82, 2.24) is 9.88 Å². The van der Waals surface area contributed by atoms with Gasteiger partial charge in [0.15, 0.2) is 0 Å². The standard InChI is InChI=1S/C13H21N3O/c1-4-9-16(6-3)13(17)12-10-11(14-5-2)7-8-15-12/h7-8,10H,4-6,9H2,1-3H3,(H,14,15). The third kappa shape index (κ3) is 3.73. The van der Waals surface area contributed by atoms with E-state index < -0.39 is 0 Å². The molecule has 4 heteroatoms. The molecule has 0 aliphatic carbocycles. The molecule has 1 rings (SSSR count). The Bertz CT molecular complexity index is 365. The van der Waals surface area contributed by atoms with Crippen molar-refractivity contribution in [2.75, 3.05) is 25.0 Å². The highest BCUT2D eigenvalue weighted by atomic mass is 16.2. The van der Waals surface area contributed by atoms with E-state index in [4.69, 9.17) is 0 Å². The molecule has 0 atom stereocenters. The summed E-state index contributed by atoms with van der Waals surface area (Å²) < 4.78 is 0. The van der Waals surface area contributed by atoms with E-state index in [2.05, 4.69) is 17.2 Å². The van der Waals surface area contributed by atoms with Gasteiger partial charge < -0.3 is 10.2 Å². The van der Waals surface area contributed by atoms with Gasteiger partial charge in [-0.1, -0.05) is 6.92 Å². The summed E-state index contributed by atoms with van der Waals surface area (Å²) in [5, 5.41) is 3.18. The van der Waals surface area contributed by atoms with Crippen LogP contribution in [0.4, 0.5) is 5.69 Å². The zero-order valence-electron chi connectivity index (χ0n) is 10.9. The maximum Gasteiger partial charge on any atom is 0.272 e. The Hall–Kier alpha value is -1.58. The lowest BCUT2D eigenvalue weighted by atomic mass is 10.2. The van der Waals surface area contributed by atoms with E-state index in [0.717, 1.165) is 31.7 Å². The Kier molecular flexibility index (Phi) is 5.46. The van der Waals surface area contributed by atoms with E-state index in [1.165, 1.54) is 0 Å². The quantitative estimate of drug-likeness (QED) is 0.823. The number of rotatable bonds is 6. The molecule has 0 spiro atoms. The molecule has 1 aromatic heterocycles. The first-order chi connectivity index (χ1) is 8.22. The summed E-state index contributed by atoms with van der Waals surface area (Å²) in [6, 6.07) is 3.68. The Morgan fingerprint density at radius 2 is 2.18 bits per heavy atom. The van der Waals surface area contributed by atoms with Gasteiger partial charge in [-0.25, -0.2) is 0 Å². The van der Waals surface area contributed by atoms with Gasteiger partial charge in [-0.15, -0.1) is 0 Å². The first-order valence-electron chi connectivity index (χ1n) is 6.22. The molecule has 0 bridgehead atoms. The molecule has 1 aromatic rings. The maximum atomic E-state index is 12.2. The molecular formula is C13H21N3O. The second kappa shape index (κ2) is 6.89. The van der Waals surface area contributed by atoms with Gasteiger partial charge in [-0.3, -0.25) is 9.78 Å². The van der Waals surface area contributed by atoms with E-state index in [1.54, 1.807) is 6.20 Å². The van der Waals surface area contributed by atoms with Crippen LogP contribution in [0.3, 0.4) is 0 Å². The molecule has 17 heavy (non-hydrogen) atoms. The highest BCUT2D eigenvalue weighted by Gasteiger charge is 2.14. The van der Waals surface area contributed by atoms with Gasteiger partial charge in [0.25, 0.3) is 5.91 Å². The number of nitrogens with zero attached hydrogens (tertiary/aromatic N) is 2. The Morgan fingerprint density at radius 1 is 1.41 bits per heavy atom. The number of anilines is 1. The average Bonchev–Trinajstić information content (AvgIpc) is 2.36. The van der Waals surface area contributed by atoms with Crippen LogP contribution in [0.2, 0.25) is 0 Å². The molecule has 0 radical (unpaired) electrons. The fourth-order valence-corrected chi connectivity index (χ4v) is 1.70. The van der Waals surface area contributed by atoms with Gasteiger partial charge in [0, 0.05) is 31.5 Å². The van der Waals surface area contributed by atoms with Crippen molar-refractivity contribution in [1.29, 1.82) is 0 Å². The van der Waals surface area contributed by atoms with Crippen LogP contribution in [0.1, 0.15) is 37.7 Å². The first-order valence-corrected chi connectivity index (χ1v) is 6.22. The normalized spacial score (nSPS) is 10.1. The molecule has 0 unspecified atom stereocenters. The Morgan fingerprint density at radius 3 is 2.76 bits per heavy atom. The van der Waals surface area contributed by atoms with Crippen LogP contribution in [0, 0.1) is 0 Å². The molecule has 0 aliphatic rings. The van der Waals surface area contributed by atoms with Gasteiger partial charge >= 0.3 is 0 Å². The molecule has 0 fully saturated rings. The summed E-state index contributed by atoms with van der Waals surface area (Å²) in [6.07, 6.45) is 2.64. The highest BCUT2D eigenvalue weighted by Crippen LogP contribution is 2.10. The lowest BCUT2D eigenvalue weighted by Crippen LogP contribution is -2.32. The van der Waals surface area contributed by atoms with Crippen LogP contribution >= 0.6 is 0 Å². The number of aromatic nitrogens is 1. The number of carbonyl (C=O) groups is 1. The largest absolute Gasteiger partial charge is 0.385 e. The molecule has 0 saturated carbocycles. The zero-order chi connectivity index (χ0) is 12.7. The van der Waals surface area contributed by atoms with Crippen LogP contribution in [0.25, 0.3) is 0 Å². The van der Waals surface area contributed by atoms with Crippen molar-refractivity contribution in [3.05, 3.63) is 24.0 Å². The third-order valence-corrected chi connectivity index (χ3v) is 2.52. The highest BCUT2D eigenvalue weighted by molar-refractivity contribution is 5.93. The van der Waals surface area contributed by atoms with E-state index in [-0.39, 0.29) is 5.91 Å². The summed E-state index contributed by atoms with van der Waals surface area (Å²) in [5.41, 5.74) is 1.46. The lowest BCUT2D eigenvalue weighted by molar-refractivity contribution is 0.0758. The Labute approximate surface area is 103 Å². The fraction of sp³-hybridized carbons (Fsp3) is 0.538. The summed E-state index contributed by atoms with van der Waals surface area (Å²) in [6.45, 7) is 8.42. The number of amides is 1. The van der Waals surface area contributed by atoms with Crippen LogP contribution < -0.4 is 5.32 Å². The monoisotopic (exact) mass is 235 g/mol. The smallest absolute Gasteiger partial charge is 0.272 e. The topological polar surface area (TPSA) is 45.2 Å². The van der Waals surface area contributed by atoms with E-state index in [1.807, 2.05) is 30.9 Å². The predicted octanol–water partition coefficient (Wildman–Crippen LogP) is 2.39. The minimum atomic E-state index is 0.00843. The second-order valence-corrected chi connectivity index (χ2v) is 3.84.